The molecule has 3 nitrogen and oxygen atoms in total. The van der Waals surface area contributed by atoms with Gasteiger partial charge in [0.1, 0.15) is 4.88 Å². The lowest BCUT2D eigenvalue weighted by molar-refractivity contribution is 0.0961. The fourth-order valence-electron chi connectivity index (χ4n) is 2.22. The fraction of sp³-hybridized carbons (Fsp3) is 0.529. The van der Waals surface area contributed by atoms with Gasteiger partial charge in [-0.2, -0.15) is 0 Å². The van der Waals surface area contributed by atoms with Crippen molar-refractivity contribution >= 4 is 17.2 Å². The number of carbonyl (C=O) groups is 1. The van der Waals surface area contributed by atoms with Gasteiger partial charge in [-0.15, -0.1) is 11.3 Å². The second-order valence-corrected chi connectivity index (χ2v) is 7.79. The molecule has 1 unspecified atom stereocenters. The Morgan fingerprint density at radius 3 is 2.81 bits per heavy atom. The number of thiazole rings is 1. The highest BCUT2D eigenvalue weighted by Crippen LogP contribution is 2.27. The summed E-state index contributed by atoms with van der Waals surface area (Å²) in [4.78, 5) is 17.3. The van der Waals surface area contributed by atoms with Gasteiger partial charge < -0.3 is 5.32 Å². The molecular weight excluding hydrogens is 280 g/mol. The number of carbonyl (C=O) groups excluding carboxylic acids is 1. The van der Waals surface area contributed by atoms with Crippen LogP contribution in [-0.2, 0) is 5.41 Å². The van der Waals surface area contributed by atoms with Crippen LogP contribution in [0.3, 0.4) is 0 Å². The van der Waals surface area contributed by atoms with Crippen LogP contribution in [0.2, 0.25) is 0 Å². The van der Waals surface area contributed by atoms with Crippen LogP contribution in [0.4, 0.5) is 0 Å². The molecule has 0 saturated carbocycles. The topological polar surface area (TPSA) is 42.0 Å². The first kappa shape index (κ1) is 16.0. The molecule has 4 heteroatoms. The maximum atomic E-state index is 12.2. The number of nitrogens with zero attached hydrogens (tertiary/aromatic N) is 1. The van der Waals surface area contributed by atoms with Crippen molar-refractivity contribution in [2.75, 3.05) is 6.54 Å². The van der Waals surface area contributed by atoms with Crippen LogP contribution in [0.25, 0.3) is 0 Å². The molecule has 21 heavy (non-hydrogen) atoms. The van der Waals surface area contributed by atoms with Crippen molar-refractivity contribution in [2.24, 2.45) is 5.92 Å². The Morgan fingerprint density at radius 2 is 2.19 bits per heavy atom. The largest absolute Gasteiger partial charge is 0.347 e. The van der Waals surface area contributed by atoms with Crippen LogP contribution < -0.4 is 5.32 Å². The SMILES string of the molecule is CC1=CCC(C)C=C1CNC(=O)c1cnc(C(C)(C)C)s1. The molecule has 0 aliphatic heterocycles. The van der Waals surface area contributed by atoms with Crippen LogP contribution in [0.15, 0.2) is 29.5 Å². The quantitative estimate of drug-likeness (QED) is 0.914. The van der Waals surface area contributed by atoms with Gasteiger partial charge in [-0.05, 0) is 24.8 Å². The molecule has 1 atom stereocenters. The summed E-state index contributed by atoms with van der Waals surface area (Å²) >= 11 is 1.48. The van der Waals surface area contributed by atoms with Crippen LogP contribution in [-0.4, -0.2) is 17.4 Å². The molecule has 2 rings (SSSR count). The van der Waals surface area contributed by atoms with Gasteiger partial charge in [0.05, 0.1) is 11.2 Å². The molecule has 0 aromatic carbocycles. The van der Waals surface area contributed by atoms with E-state index < -0.39 is 0 Å². The molecule has 0 bridgehead atoms. The second-order valence-electron chi connectivity index (χ2n) is 6.75. The van der Waals surface area contributed by atoms with Crippen LogP contribution in [0.1, 0.15) is 55.7 Å². The number of nitrogens with one attached hydrogen (secondary N) is 1. The molecule has 1 aromatic heterocycles. The van der Waals surface area contributed by atoms with E-state index in [0.717, 1.165) is 11.4 Å². The van der Waals surface area contributed by atoms with Crippen molar-refractivity contribution in [2.45, 2.75) is 46.5 Å². The van der Waals surface area contributed by atoms with Crippen molar-refractivity contribution in [1.29, 1.82) is 0 Å². The summed E-state index contributed by atoms with van der Waals surface area (Å²) in [7, 11) is 0. The third-order valence-corrected chi connectivity index (χ3v) is 5.02. The van der Waals surface area contributed by atoms with Gasteiger partial charge in [-0.3, -0.25) is 4.79 Å². The van der Waals surface area contributed by atoms with E-state index in [2.05, 4.69) is 57.1 Å². The minimum Gasteiger partial charge on any atom is -0.347 e. The van der Waals surface area contributed by atoms with E-state index in [4.69, 9.17) is 0 Å². The predicted molar refractivity (Wildman–Crippen MR) is 88.8 cm³/mol. The Bertz CT molecular complexity index is 590. The predicted octanol–water partition coefficient (Wildman–Crippen LogP) is 4.08. The van der Waals surface area contributed by atoms with Crippen LogP contribution in [0, 0.1) is 5.92 Å². The molecule has 114 valence electrons. The minimum absolute atomic E-state index is 0.0101. The van der Waals surface area contributed by atoms with E-state index in [1.807, 2.05) is 0 Å². The summed E-state index contributed by atoms with van der Waals surface area (Å²) in [6.07, 6.45) is 7.27. The third kappa shape index (κ3) is 4.03. The van der Waals surface area contributed by atoms with Crippen molar-refractivity contribution < 1.29 is 4.79 Å². The van der Waals surface area contributed by atoms with E-state index >= 15 is 0 Å². The number of hydrogen-bond acceptors (Lipinski definition) is 3. The Kier molecular flexibility index (Phi) is 4.67. The first-order valence-electron chi connectivity index (χ1n) is 7.39. The first-order chi connectivity index (χ1) is 9.77. The number of hydrogen-bond donors (Lipinski definition) is 1. The molecule has 0 spiro atoms. The van der Waals surface area contributed by atoms with Gasteiger partial charge in [0, 0.05) is 12.0 Å². The average molecular weight is 304 g/mol. The van der Waals surface area contributed by atoms with Gasteiger partial charge >= 0.3 is 0 Å². The highest BCUT2D eigenvalue weighted by atomic mass is 32.1. The third-order valence-electron chi connectivity index (χ3n) is 3.60. The summed E-state index contributed by atoms with van der Waals surface area (Å²) in [6.45, 7) is 11.2. The molecule has 1 amide bonds. The summed E-state index contributed by atoms with van der Waals surface area (Å²) in [5, 5.41) is 4.00. The summed E-state index contributed by atoms with van der Waals surface area (Å²) in [5.41, 5.74) is 2.49. The maximum Gasteiger partial charge on any atom is 0.263 e. The molecule has 0 fully saturated rings. The molecule has 1 heterocycles. The monoisotopic (exact) mass is 304 g/mol. The van der Waals surface area contributed by atoms with Gasteiger partial charge in [-0.1, -0.05) is 45.4 Å². The van der Waals surface area contributed by atoms with Gasteiger partial charge in [0.15, 0.2) is 0 Å². The first-order valence-corrected chi connectivity index (χ1v) is 8.21. The van der Waals surface area contributed by atoms with Crippen molar-refractivity contribution in [3.63, 3.8) is 0 Å². The highest BCUT2D eigenvalue weighted by molar-refractivity contribution is 7.13. The van der Waals surface area contributed by atoms with Crippen molar-refractivity contribution in [3.8, 4) is 0 Å². The van der Waals surface area contributed by atoms with Gasteiger partial charge in [0.2, 0.25) is 0 Å². The number of aromatic nitrogens is 1. The van der Waals surface area contributed by atoms with E-state index in [1.165, 1.54) is 22.5 Å². The van der Waals surface area contributed by atoms with E-state index in [-0.39, 0.29) is 11.3 Å². The zero-order chi connectivity index (χ0) is 15.6. The summed E-state index contributed by atoms with van der Waals surface area (Å²) in [5.74, 6) is 0.520. The van der Waals surface area contributed by atoms with Crippen LogP contribution >= 0.6 is 11.3 Å². The smallest absolute Gasteiger partial charge is 0.263 e. The average Bonchev–Trinajstić information content (AvgIpc) is 2.89. The van der Waals surface area contributed by atoms with Crippen molar-refractivity contribution in [3.05, 3.63) is 39.4 Å². The molecular formula is C17H24N2OS. The van der Waals surface area contributed by atoms with Crippen LogP contribution in [0.5, 0.6) is 0 Å². The number of rotatable bonds is 3. The maximum absolute atomic E-state index is 12.2. The lowest BCUT2D eigenvalue weighted by Crippen LogP contribution is -2.26. The molecule has 0 saturated heterocycles. The molecule has 1 aromatic rings. The lowest BCUT2D eigenvalue weighted by atomic mass is 9.92. The minimum atomic E-state index is -0.0325. The molecule has 1 aliphatic rings. The standard InChI is InChI=1S/C17H24N2OS/c1-11-6-7-12(2)13(8-11)9-18-15(20)14-10-19-16(21-14)17(3,4)5/h7-8,10-11H,6,9H2,1-5H3,(H,18,20). The fourth-order valence-corrected chi connectivity index (χ4v) is 3.11. The van der Waals surface area contributed by atoms with Crippen molar-refractivity contribution in [1.82, 2.24) is 10.3 Å². The Balaban J connectivity index is 1.99. The second kappa shape index (κ2) is 6.14. The van der Waals surface area contributed by atoms with E-state index in [1.54, 1.807) is 6.20 Å². The summed E-state index contributed by atoms with van der Waals surface area (Å²) in [6, 6.07) is 0. The summed E-state index contributed by atoms with van der Waals surface area (Å²) < 4.78 is 0. The molecule has 1 N–H and O–H groups in total. The zero-order valence-corrected chi connectivity index (χ0v) is 14.3. The van der Waals surface area contributed by atoms with E-state index in [9.17, 15) is 4.79 Å². The number of allylic oxidation sites excluding steroid dienone is 2. The molecule has 1 aliphatic carbocycles. The Hall–Kier alpha value is -1.42. The lowest BCUT2D eigenvalue weighted by Gasteiger charge is -2.17. The zero-order valence-electron chi connectivity index (χ0n) is 13.5. The Labute approximate surface area is 131 Å². The normalized spacial score (nSPS) is 19.0. The molecule has 0 radical (unpaired) electrons. The van der Waals surface area contributed by atoms with Gasteiger partial charge in [0.25, 0.3) is 5.91 Å². The van der Waals surface area contributed by atoms with Gasteiger partial charge in [-0.25, -0.2) is 4.98 Å². The Morgan fingerprint density at radius 1 is 1.48 bits per heavy atom. The number of amides is 1. The van der Waals surface area contributed by atoms with E-state index in [0.29, 0.717) is 17.3 Å². The highest BCUT2D eigenvalue weighted by Gasteiger charge is 2.20.